The van der Waals surface area contributed by atoms with E-state index >= 15 is 0 Å². The largest absolute Gasteiger partial charge is 0.426 e. The van der Waals surface area contributed by atoms with Crippen LogP contribution in [0.2, 0.25) is 0 Å². The summed E-state index contributed by atoms with van der Waals surface area (Å²) in [6.07, 6.45) is -3.05. The first-order valence-corrected chi connectivity index (χ1v) is 7.79. The third-order valence-electron chi connectivity index (χ3n) is 5.40. The number of halogens is 3. The fraction of sp³-hybridized carbons (Fsp3) is 0.867. The molecule has 2 rings (SSSR count). The summed E-state index contributed by atoms with van der Waals surface area (Å²) in [6, 6.07) is 0. The lowest BCUT2D eigenvalue weighted by Crippen LogP contribution is -2.59. The number of nitrogens with zero attached hydrogens (tertiary/aromatic N) is 1. The second kappa shape index (κ2) is 5.73. The zero-order valence-corrected chi connectivity index (χ0v) is 13.3. The van der Waals surface area contributed by atoms with Gasteiger partial charge in [-0.3, -0.25) is 9.59 Å². The van der Waals surface area contributed by atoms with Gasteiger partial charge in [0.25, 0.3) is 5.91 Å². The molecule has 1 saturated heterocycles. The predicted molar refractivity (Wildman–Crippen MR) is 76.3 cm³/mol. The smallest absolute Gasteiger partial charge is 0.373 e. The van der Waals surface area contributed by atoms with Crippen molar-refractivity contribution >= 4 is 11.7 Å². The highest BCUT2D eigenvalue weighted by atomic mass is 19.4. The maximum absolute atomic E-state index is 12.8. The molecular weight excluding hydrogens is 313 g/mol. The Labute approximate surface area is 133 Å². The highest BCUT2D eigenvalue weighted by Crippen LogP contribution is 2.57. The topological polar surface area (TPSA) is 83.6 Å². The van der Waals surface area contributed by atoms with Gasteiger partial charge in [0, 0.05) is 18.5 Å². The van der Waals surface area contributed by atoms with Gasteiger partial charge in [0.15, 0.2) is 5.78 Å². The van der Waals surface area contributed by atoms with Crippen LogP contribution in [0.5, 0.6) is 0 Å². The molecule has 1 heterocycles. The first-order valence-electron chi connectivity index (χ1n) is 7.79. The van der Waals surface area contributed by atoms with Crippen LogP contribution >= 0.6 is 0 Å². The fourth-order valence-corrected chi connectivity index (χ4v) is 3.77. The predicted octanol–water partition coefficient (Wildman–Crippen LogP) is 1.09. The lowest BCUT2D eigenvalue weighted by molar-refractivity contribution is -0.251. The average molecular weight is 336 g/mol. The summed E-state index contributed by atoms with van der Waals surface area (Å²) in [6.45, 7) is 2.49. The Hall–Kier alpha value is -1.15. The summed E-state index contributed by atoms with van der Waals surface area (Å²) in [5, 5.41) is 9.54. The molecule has 3 N–H and O–H groups in total. The number of amides is 1. The minimum atomic E-state index is -5.02. The van der Waals surface area contributed by atoms with Crippen LogP contribution in [0.15, 0.2) is 0 Å². The van der Waals surface area contributed by atoms with E-state index in [0.29, 0.717) is 13.3 Å². The number of nitrogens with two attached hydrogens (primary N) is 1. The molecule has 0 spiro atoms. The first kappa shape index (κ1) is 18.2. The van der Waals surface area contributed by atoms with E-state index in [0.717, 1.165) is 17.7 Å². The van der Waals surface area contributed by atoms with Gasteiger partial charge in [-0.05, 0) is 38.0 Å². The molecule has 0 bridgehead atoms. The van der Waals surface area contributed by atoms with E-state index in [4.69, 9.17) is 5.73 Å². The number of hydrogen-bond acceptors (Lipinski definition) is 4. The third-order valence-corrected chi connectivity index (χ3v) is 5.40. The van der Waals surface area contributed by atoms with Crippen molar-refractivity contribution in [2.45, 2.75) is 44.9 Å². The van der Waals surface area contributed by atoms with Gasteiger partial charge in [0.2, 0.25) is 5.60 Å². The molecule has 0 aromatic heterocycles. The van der Waals surface area contributed by atoms with Crippen LogP contribution in [0.4, 0.5) is 13.2 Å². The van der Waals surface area contributed by atoms with Crippen LogP contribution < -0.4 is 5.73 Å². The lowest BCUT2D eigenvalue weighted by Gasteiger charge is -2.42. The minimum absolute atomic E-state index is 0.00332. The van der Waals surface area contributed by atoms with Crippen molar-refractivity contribution in [3.05, 3.63) is 0 Å². The Morgan fingerprint density at radius 2 is 1.91 bits per heavy atom. The van der Waals surface area contributed by atoms with E-state index in [9.17, 15) is 27.9 Å². The number of hydrogen-bond donors (Lipinski definition) is 2. The zero-order valence-electron chi connectivity index (χ0n) is 13.3. The molecule has 1 saturated carbocycles. The molecule has 0 radical (unpaired) electrons. The Morgan fingerprint density at radius 3 is 2.30 bits per heavy atom. The third kappa shape index (κ3) is 2.98. The number of likely N-dealkylation sites (tertiary alicyclic amines) is 1. The molecule has 3 atom stereocenters. The van der Waals surface area contributed by atoms with Gasteiger partial charge in [-0.1, -0.05) is 6.92 Å². The number of aliphatic hydroxyl groups is 1. The molecule has 8 heteroatoms. The highest BCUT2D eigenvalue weighted by Gasteiger charge is 2.60. The van der Waals surface area contributed by atoms with E-state index in [2.05, 4.69) is 0 Å². The summed E-state index contributed by atoms with van der Waals surface area (Å²) in [4.78, 5) is 25.1. The Bertz CT molecular complexity index is 501. The van der Waals surface area contributed by atoms with Crippen LogP contribution in [0.25, 0.3) is 0 Å². The van der Waals surface area contributed by atoms with Gasteiger partial charge in [-0.2, -0.15) is 13.2 Å². The van der Waals surface area contributed by atoms with E-state index in [-0.39, 0.29) is 37.3 Å². The molecule has 2 unspecified atom stereocenters. The molecule has 2 aliphatic rings. The quantitative estimate of drug-likeness (QED) is 0.805. The SMILES string of the molecule is CC1CN(C(=O)[C@@](C)(O)C(F)(F)F)CCC1C1(C(=O)CN)CC1. The van der Waals surface area contributed by atoms with Gasteiger partial charge in [0.05, 0.1) is 6.54 Å². The molecule has 5 nitrogen and oxygen atoms in total. The normalized spacial score (nSPS) is 29.8. The molecule has 0 aromatic rings. The van der Waals surface area contributed by atoms with Gasteiger partial charge < -0.3 is 15.7 Å². The van der Waals surface area contributed by atoms with Crippen LogP contribution in [0.3, 0.4) is 0 Å². The summed E-state index contributed by atoms with van der Waals surface area (Å²) >= 11 is 0. The number of carbonyl (C=O) groups excluding carboxylic acids is 2. The summed E-state index contributed by atoms with van der Waals surface area (Å²) in [7, 11) is 0. The van der Waals surface area contributed by atoms with E-state index < -0.39 is 23.1 Å². The van der Waals surface area contributed by atoms with Crippen molar-refractivity contribution in [3.8, 4) is 0 Å². The Morgan fingerprint density at radius 1 is 1.35 bits per heavy atom. The molecular formula is C15H23F3N2O3. The second-order valence-electron chi connectivity index (χ2n) is 6.98. The van der Waals surface area contributed by atoms with Crippen molar-refractivity contribution in [2.24, 2.45) is 23.0 Å². The van der Waals surface area contributed by atoms with Crippen molar-refractivity contribution in [1.82, 2.24) is 4.90 Å². The number of alkyl halides is 3. The summed E-state index contributed by atoms with van der Waals surface area (Å²) in [5.74, 6) is -1.42. The van der Waals surface area contributed by atoms with Gasteiger partial charge in [-0.25, -0.2) is 0 Å². The number of piperidine rings is 1. The van der Waals surface area contributed by atoms with Crippen LogP contribution in [0.1, 0.15) is 33.1 Å². The zero-order chi connectivity index (χ0) is 17.6. The van der Waals surface area contributed by atoms with Crippen molar-refractivity contribution in [3.63, 3.8) is 0 Å². The monoisotopic (exact) mass is 336 g/mol. The van der Waals surface area contributed by atoms with Crippen LogP contribution in [0, 0.1) is 17.3 Å². The molecule has 2 fully saturated rings. The van der Waals surface area contributed by atoms with E-state index in [1.807, 2.05) is 6.92 Å². The van der Waals surface area contributed by atoms with Crippen molar-refractivity contribution < 1.29 is 27.9 Å². The van der Waals surface area contributed by atoms with Gasteiger partial charge >= 0.3 is 6.18 Å². The molecule has 1 amide bonds. The number of rotatable bonds is 4. The van der Waals surface area contributed by atoms with Crippen molar-refractivity contribution in [2.75, 3.05) is 19.6 Å². The minimum Gasteiger partial charge on any atom is -0.373 e. The molecule has 132 valence electrons. The highest BCUT2D eigenvalue weighted by molar-refractivity contribution is 5.89. The van der Waals surface area contributed by atoms with Crippen LogP contribution in [-0.2, 0) is 9.59 Å². The Balaban J connectivity index is 2.08. The lowest BCUT2D eigenvalue weighted by atomic mass is 9.73. The first-order chi connectivity index (χ1) is 10.5. The van der Waals surface area contributed by atoms with Gasteiger partial charge in [-0.15, -0.1) is 0 Å². The maximum atomic E-state index is 12.8. The number of ketones is 1. The molecule has 1 aliphatic heterocycles. The van der Waals surface area contributed by atoms with Crippen LogP contribution in [-0.4, -0.2) is 53.1 Å². The maximum Gasteiger partial charge on any atom is 0.426 e. The molecule has 0 aromatic carbocycles. The molecule has 1 aliphatic carbocycles. The average Bonchev–Trinajstić information content (AvgIpc) is 3.25. The number of carbonyl (C=O) groups is 2. The van der Waals surface area contributed by atoms with Crippen molar-refractivity contribution in [1.29, 1.82) is 0 Å². The molecule has 23 heavy (non-hydrogen) atoms. The standard InChI is InChI=1S/C15H23F3N2O3/c1-9-8-20(12(22)13(2,23)15(16,17)18)6-3-10(9)14(4-5-14)11(21)7-19/h9-10,23H,3-8,19H2,1-2H3/t9?,10?,13-/m1/s1. The van der Waals surface area contributed by atoms with E-state index in [1.165, 1.54) is 0 Å². The second-order valence-corrected chi connectivity index (χ2v) is 6.98. The summed E-state index contributed by atoms with van der Waals surface area (Å²) in [5.41, 5.74) is 1.63. The van der Waals surface area contributed by atoms with Gasteiger partial charge in [0.1, 0.15) is 0 Å². The summed E-state index contributed by atoms with van der Waals surface area (Å²) < 4.78 is 38.4. The van der Waals surface area contributed by atoms with E-state index in [1.54, 1.807) is 0 Å². The number of Topliss-reactive ketones (excluding diaryl/α,β-unsaturated/α-hetero) is 1. The Kier molecular flexibility index (Phi) is 4.54. The fourth-order valence-electron chi connectivity index (χ4n) is 3.77.